The molecule has 0 saturated heterocycles. The number of nitrogens with zero attached hydrogens (tertiary/aromatic N) is 2. The molecule has 0 atom stereocenters. The molecule has 1 amide bonds. The fourth-order valence-corrected chi connectivity index (χ4v) is 2.71. The highest BCUT2D eigenvalue weighted by Crippen LogP contribution is 2.09. The van der Waals surface area contributed by atoms with Crippen LogP contribution < -0.4 is 16.6 Å². The van der Waals surface area contributed by atoms with Gasteiger partial charge in [0.15, 0.2) is 0 Å². The van der Waals surface area contributed by atoms with Gasteiger partial charge in [0.25, 0.3) is 5.56 Å². The molecule has 1 aromatic heterocycles. The van der Waals surface area contributed by atoms with Gasteiger partial charge in [0.1, 0.15) is 6.54 Å². The summed E-state index contributed by atoms with van der Waals surface area (Å²) in [5.74, 6) is 0.115. The average molecular weight is 345 g/mol. The number of carbonyl (C=O) groups excluding carboxylic acids is 1. The molecule has 0 fully saturated rings. The molecule has 0 spiro atoms. The van der Waals surface area contributed by atoms with E-state index in [1.54, 1.807) is 24.3 Å². The molecule has 0 aliphatic heterocycles. The second-order valence-electron chi connectivity index (χ2n) is 7.82. The number of carbonyl (C=O) groups is 1. The molecule has 2 rings (SSSR count). The molecule has 6 nitrogen and oxygen atoms in total. The van der Waals surface area contributed by atoms with E-state index in [0.29, 0.717) is 23.4 Å². The quantitative estimate of drug-likeness (QED) is 0.902. The molecule has 136 valence electrons. The third-order valence-electron chi connectivity index (χ3n) is 3.88. The van der Waals surface area contributed by atoms with Crippen LogP contribution in [0, 0.1) is 5.92 Å². The van der Waals surface area contributed by atoms with Gasteiger partial charge in [0, 0.05) is 12.1 Å². The second kappa shape index (κ2) is 7.25. The average Bonchev–Trinajstić information content (AvgIpc) is 2.49. The highest BCUT2D eigenvalue weighted by molar-refractivity contribution is 5.81. The molecule has 0 saturated carbocycles. The summed E-state index contributed by atoms with van der Waals surface area (Å²) in [4.78, 5) is 37.9. The molecule has 1 aromatic carbocycles. The highest BCUT2D eigenvalue weighted by atomic mass is 16.2. The zero-order valence-electron chi connectivity index (χ0n) is 15.6. The first kappa shape index (κ1) is 19.0. The van der Waals surface area contributed by atoms with E-state index >= 15 is 0 Å². The maximum atomic E-state index is 12.9. The summed E-state index contributed by atoms with van der Waals surface area (Å²) in [5, 5.41) is 3.31. The van der Waals surface area contributed by atoms with E-state index in [4.69, 9.17) is 0 Å². The van der Waals surface area contributed by atoms with Crippen LogP contribution in [0.25, 0.3) is 10.9 Å². The fraction of sp³-hybridized carbons (Fsp3) is 0.526. The second-order valence-corrected chi connectivity index (χ2v) is 7.82. The van der Waals surface area contributed by atoms with E-state index in [9.17, 15) is 14.4 Å². The number of para-hydroxylation sites is 1. The van der Waals surface area contributed by atoms with Crippen molar-refractivity contribution in [1.82, 2.24) is 14.5 Å². The number of rotatable bonds is 5. The first-order chi connectivity index (χ1) is 11.6. The van der Waals surface area contributed by atoms with Crippen molar-refractivity contribution in [2.45, 2.75) is 59.7 Å². The number of hydrogen-bond donors (Lipinski definition) is 1. The Balaban J connectivity index is 2.56. The Bertz CT molecular complexity index is 885. The van der Waals surface area contributed by atoms with Crippen LogP contribution >= 0.6 is 0 Å². The zero-order valence-corrected chi connectivity index (χ0v) is 15.6. The van der Waals surface area contributed by atoms with Crippen molar-refractivity contribution < 1.29 is 4.79 Å². The Labute approximate surface area is 147 Å². The number of benzene rings is 1. The highest BCUT2D eigenvalue weighted by Gasteiger charge is 2.18. The molecule has 0 unspecified atom stereocenters. The lowest BCUT2D eigenvalue weighted by Gasteiger charge is -2.21. The normalized spacial score (nSPS) is 11.9. The summed E-state index contributed by atoms with van der Waals surface area (Å²) >= 11 is 0. The maximum absolute atomic E-state index is 12.9. The zero-order chi connectivity index (χ0) is 18.8. The van der Waals surface area contributed by atoms with Crippen LogP contribution in [0.4, 0.5) is 0 Å². The summed E-state index contributed by atoms with van der Waals surface area (Å²) < 4.78 is 2.63. The molecule has 0 aliphatic rings. The van der Waals surface area contributed by atoms with Crippen LogP contribution in [0.3, 0.4) is 0 Å². The third-order valence-corrected chi connectivity index (χ3v) is 3.88. The molecule has 1 heterocycles. The summed E-state index contributed by atoms with van der Waals surface area (Å²) in [6.45, 7) is 9.97. The Kier molecular flexibility index (Phi) is 5.50. The lowest BCUT2D eigenvalue weighted by molar-refractivity contribution is -0.123. The third kappa shape index (κ3) is 4.59. The van der Waals surface area contributed by atoms with E-state index in [1.807, 2.05) is 34.6 Å². The summed E-state index contributed by atoms with van der Waals surface area (Å²) in [5.41, 5.74) is -0.632. The Hall–Kier alpha value is -2.37. The lowest BCUT2D eigenvalue weighted by atomic mass is 10.1. The summed E-state index contributed by atoms with van der Waals surface area (Å²) in [6, 6.07) is 6.93. The van der Waals surface area contributed by atoms with Crippen molar-refractivity contribution >= 4 is 16.8 Å². The Morgan fingerprint density at radius 2 is 1.76 bits per heavy atom. The minimum atomic E-state index is -0.437. The van der Waals surface area contributed by atoms with Gasteiger partial charge in [-0.1, -0.05) is 26.0 Å². The van der Waals surface area contributed by atoms with Gasteiger partial charge in [-0.3, -0.25) is 18.7 Å². The van der Waals surface area contributed by atoms with Crippen molar-refractivity contribution in [3.05, 3.63) is 45.1 Å². The molecule has 2 aromatic rings. The largest absolute Gasteiger partial charge is 0.350 e. The van der Waals surface area contributed by atoms with Gasteiger partial charge >= 0.3 is 5.69 Å². The standard InChI is InChI=1S/C19H27N3O3/c1-13(2)10-11-21-17(24)14-8-6-7-9-15(14)22(18(21)25)12-16(23)20-19(3,4)5/h6-9,13H,10-12H2,1-5H3,(H,20,23). The van der Waals surface area contributed by atoms with Gasteiger partial charge in [-0.2, -0.15) is 0 Å². The summed E-state index contributed by atoms with van der Waals surface area (Å²) in [6.07, 6.45) is 0.724. The van der Waals surface area contributed by atoms with E-state index in [1.165, 1.54) is 9.13 Å². The SMILES string of the molecule is CC(C)CCn1c(=O)c2ccccc2n(CC(=O)NC(C)(C)C)c1=O. The van der Waals surface area contributed by atoms with E-state index in [-0.39, 0.29) is 23.6 Å². The predicted molar refractivity (Wildman–Crippen MR) is 99.8 cm³/mol. The topological polar surface area (TPSA) is 73.1 Å². The molecular weight excluding hydrogens is 318 g/mol. The van der Waals surface area contributed by atoms with Crippen LogP contribution in [-0.2, 0) is 17.9 Å². The van der Waals surface area contributed by atoms with Crippen molar-refractivity contribution in [2.75, 3.05) is 0 Å². The molecule has 1 N–H and O–H groups in total. The number of fused-ring (bicyclic) bond motifs is 1. The minimum Gasteiger partial charge on any atom is -0.350 e. The van der Waals surface area contributed by atoms with Crippen LogP contribution in [-0.4, -0.2) is 20.6 Å². The van der Waals surface area contributed by atoms with Crippen molar-refractivity contribution in [3.8, 4) is 0 Å². The Morgan fingerprint density at radius 1 is 1.12 bits per heavy atom. The van der Waals surface area contributed by atoms with Gasteiger partial charge in [-0.25, -0.2) is 4.79 Å². The van der Waals surface area contributed by atoms with Crippen LogP contribution in [0.5, 0.6) is 0 Å². The van der Waals surface area contributed by atoms with Gasteiger partial charge in [-0.15, -0.1) is 0 Å². The van der Waals surface area contributed by atoms with Crippen LogP contribution in [0.1, 0.15) is 41.0 Å². The van der Waals surface area contributed by atoms with E-state index < -0.39 is 5.69 Å². The molecule has 0 aliphatic carbocycles. The smallest absolute Gasteiger partial charge is 0.331 e. The molecule has 25 heavy (non-hydrogen) atoms. The number of hydrogen-bond acceptors (Lipinski definition) is 3. The van der Waals surface area contributed by atoms with E-state index in [2.05, 4.69) is 5.32 Å². The first-order valence-electron chi connectivity index (χ1n) is 8.63. The minimum absolute atomic E-state index is 0.113. The molecular formula is C19H27N3O3. The number of nitrogens with one attached hydrogen (secondary N) is 1. The summed E-state index contributed by atoms with van der Waals surface area (Å²) in [7, 11) is 0. The van der Waals surface area contributed by atoms with Gasteiger partial charge in [0.2, 0.25) is 5.91 Å². The molecule has 6 heteroatoms. The van der Waals surface area contributed by atoms with Crippen molar-refractivity contribution in [1.29, 1.82) is 0 Å². The van der Waals surface area contributed by atoms with E-state index in [0.717, 1.165) is 6.42 Å². The molecule has 0 bridgehead atoms. The van der Waals surface area contributed by atoms with Crippen molar-refractivity contribution in [3.63, 3.8) is 0 Å². The maximum Gasteiger partial charge on any atom is 0.331 e. The first-order valence-corrected chi connectivity index (χ1v) is 8.63. The van der Waals surface area contributed by atoms with Crippen LogP contribution in [0.2, 0.25) is 0 Å². The fourth-order valence-electron chi connectivity index (χ4n) is 2.71. The number of amides is 1. The monoisotopic (exact) mass is 345 g/mol. The van der Waals surface area contributed by atoms with Gasteiger partial charge in [-0.05, 0) is 45.2 Å². The van der Waals surface area contributed by atoms with Gasteiger partial charge < -0.3 is 5.32 Å². The molecule has 0 radical (unpaired) electrons. The number of aromatic nitrogens is 2. The van der Waals surface area contributed by atoms with Crippen molar-refractivity contribution in [2.24, 2.45) is 5.92 Å². The lowest BCUT2D eigenvalue weighted by Crippen LogP contribution is -2.46. The predicted octanol–water partition coefficient (Wildman–Crippen LogP) is 2.12. The Morgan fingerprint density at radius 3 is 2.36 bits per heavy atom. The van der Waals surface area contributed by atoms with Gasteiger partial charge in [0.05, 0.1) is 10.9 Å². The van der Waals surface area contributed by atoms with Crippen LogP contribution in [0.15, 0.2) is 33.9 Å².